The number of ether oxygens (including phenoxy) is 2. The van der Waals surface area contributed by atoms with Crippen LogP contribution in [-0.2, 0) is 6.54 Å². The molecule has 3 aromatic rings. The van der Waals surface area contributed by atoms with Crippen molar-refractivity contribution >= 4 is 0 Å². The van der Waals surface area contributed by atoms with Gasteiger partial charge in [-0.2, -0.15) is 4.68 Å². The largest absolute Gasteiger partial charge is 0.490 e. The van der Waals surface area contributed by atoms with Crippen molar-refractivity contribution in [3.05, 3.63) is 54.1 Å². The summed E-state index contributed by atoms with van der Waals surface area (Å²) in [4.78, 5) is 2.61. The fraction of sp³-hybridized carbons (Fsp3) is 0.519. The van der Waals surface area contributed by atoms with Crippen molar-refractivity contribution in [3.63, 3.8) is 0 Å². The molecular formula is C27H40N6O2. The molecule has 1 heterocycles. The van der Waals surface area contributed by atoms with Crippen molar-refractivity contribution < 1.29 is 9.47 Å². The Morgan fingerprint density at radius 3 is 2.34 bits per heavy atom. The second-order valence-electron chi connectivity index (χ2n) is 8.60. The van der Waals surface area contributed by atoms with E-state index in [2.05, 4.69) is 45.7 Å². The third kappa shape index (κ3) is 8.64. The molecule has 190 valence electrons. The van der Waals surface area contributed by atoms with Crippen LogP contribution in [0.15, 0.2) is 48.5 Å². The summed E-state index contributed by atoms with van der Waals surface area (Å²) in [6, 6.07) is 16.0. The van der Waals surface area contributed by atoms with Crippen molar-refractivity contribution in [2.75, 3.05) is 32.8 Å². The van der Waals surface area contributed by atoms with Crippen LogP contribution in [0.3, 0.4) is 0 Å². The summed E-state index contributed by atoms with van der Waals surface area (Å²) in [6.07, 6.45) is 6.22. The van der Waals surface area contributed by atoms with Crippen LogP contribution >= 0.6 is 0 Å². The van der Waals surface area contributed by atoms with Gasteiger partial charge >= 0.3 is 6.01 Å². The van der Waals surface area contributed by atoms with E-state index in [4.69, 9.17) is 9.47 Å². The normalized spacial score (nSPS) is 11.2. The molecule has 1 N–H and O–H groups in total. The molecule has 0 aliphatic heterocycles. The van der Waals surface area contributed by atoms with Gasteiger partial charge in [0.2, 0.25) is 0 Å². The Balaban J connectivity index is 1.55. The lowest BCUT2D eigenvalue weighted by molar-refractivity contribution is 0.261. The minimum Gasteiger partial charge on any atom is -0.490 e. The Morgan fingerprint density at radius 1 is 0.886 bits per heavy atom. The first-order valence-corrected chi connectivity index (χ1v) is 13.0. The SMILES string of the molecule is CCCCN(CCCC)CCCNCc1ccc(Oc2nnnn2-c2ccccc2)c(OCC)c1. The monoisotopic (exact) mass is 480 g/mol. The van der Waals surface area contributed by atoms with Crippen molar-refractivity contribution in [1.82, 2.24) is 30.4 Å². The third-order valence-corrected chi connectivity index (χ3v) is 5.76. The van der Waals surface area contributed by atoms with Gasteiger partial charge < -0.3 is 19.7 Å². The fourth-order valence-electron chi connectivity index (χ4n) is 3.85. The molecule has 0 aliphatic rings. The highest BCUT2D eigenvalue weighted by Gasteiger charge is 2.14. The third-order valence-electron chi connectivity index (χ3n) is 5.76. The van der Waals surface area contributed by atoms with Gasteiger partial charge in [-0.1, -0.05) is 56.1 Å². The fourth-order valence-corrected chi connectivity index (χ4v) is 3.85. The quantitative estimate of drug-likeness (QED) is 0.265. The lowest BCUT2D eigenvalue weighted by Gasteiger charge is -2.22. The summed E-state index contributed by atoms with van der Waals surface area (Å²) >= 11 is 0. The number of aromatic nitrogens is 4. The van der Waals surface area contributed by atoms with Crippen LogP contribution in [0.5, 0.6) is 17.5 Å². The smallest absolute Gasteiger partial charge is 0.346 e. The van der Waals surface area contributed by atoms with Gasteiger partial charge in [0.05, 0.1) is 12.3 Å². The number of rotatable bonds is 17. The van der Waals surface area contributed by atoms with E-state index in [1.165, 1.54) is 38.8 Å². The molecule has 0 unspecified atom stereocenters. The molecule has 35 heavy (non-hydrogen) atoms. The second-order valence-corrected chi connectivity index (χ2v) is 8.60. The van der Waals surface area contributed by atoms with Crippen molar-refractivity contribution in [1.29, 1.82) is 0 Å². The number of nitrogens with zero attached hydrogens (tertiary/aromatic N) is 5. The van der Waals surface area contributed by atoms with Gasteiger partial charge in [-0.25, -0.2) is 0 Å². The average Bonchev–Trinajstić information content (AvgIpc) is 3.35. The summed E-state index contributed by atoms with van der Waals surface area (Å²) in [6.45, 7) is 12.4. The molecule has 0 atom stereocenters. The van der Waals surface area contributed by atoms with Gasteiger partial charge in [-0.3, -0.25) is 0 Å². The maximum atomic E-state index is 6.05. The number of hydrogen-bond acceptors (Lipinski definition) is 7. The molecule has 3 rings (SSSR count). The molecule has 0 spiro atoms. The molecule has 0 fully saturated rings. The standard InChI is InChI=1S/C27H40N6O2/c1-4-7-18-32(19-8-5-2)20-12-17-28-22-23-15-16-25(26(21-23)34-6-3)35-27-29-30-31-33(27)24-13-10-9-11-14-24/h9-11,13-16,21,28H,4-8,12,17-20,22H2,1-3H3. The van der Waals surface area contributed by atoms with E-state index < -0.39 is 0 Å². The second kappa shape index (κ2) is 15.1. The zero-order valence-electron chi connectivity index (χ0n) is 21.4. The van der Waals surface area contributed by atoms with Crippen LogP contribution in [0, 0.1) is 0 Å². The average molecular weight is 481 g/mol. The molecule has 0 radical (unpaired) electrons. The number of para-hydroxylation sites is 1. The molecule has 8 nitrogen and oxygen atoms in total. The molecule has 0 saturated heterocycles. The Labute approximate surface area is 209 Å². The lowest BCUT2D eigenvalue weighted by Crippen LogP contribution is -2.29. The summed E-state index contributed by atoms with van der Waals surface area (Å²) in [5.74, 6) is 1.27. The predicted octanol–water partition coefficient (Wildman–Crippen LogP) is 5.24. The Hall–Kier alpha value is -2.97. The summed E-state index contributed by atoms with van der Waals surface area (Å²) in [5.41, 5.74) is 1.98. The van der Waals surface area contributed by atoms with Gasteiger partial charge in [0.25, 0.3) is 0 Å². The van der Waals surface area contributed by atoms with E-state index in [1.807, 2.05) is 49.4 Å². The molecular weight excluding hydrogens is 440 g/mol. The minimum atomic E-state index is 0.290. The van der Waals surface area contributed by atoms with Gasteiger partial charge in [0.1, 0.15) is 0 Å². The summed E-state index contributed by atoms with van der Waals surface area (Å²) in [5, 5.41) is 15.4. The molecule has 0 bridgehead atoms. The summed E-state index contributed by atoms with van der Waals surface area (Å²) < 4.78 is 13.5. The highest BCUT2D eigenvalue weighted by Crippen LogP contribution is 2.32. The zero-order chi connectivity index (χ0) is 24.7. The molecule has 1 aromatic heterocycles. The van der Waals surface area contributed by atoms with Gasteiger partial charge in [0.15, 0.2) is 11.5 Å². The molecule has 8 heteroatoms. The molecule has 0 aliphatic carbocycles. The predicted molar refractivity (Wildman–Crippen MR) is 139 cm³/mol. The van der Waals surface area contributed by atoms with E-state index in [-0.39, 0.29) is 0 Å². The Bertz CT molecular complexity index is 971. The van der Waals surface area contributed by atoms with Gasteiger partial charge in [-0.05, 0) is 92.6 Å². The summed E-state index contributed by atoms with van der Waals surface area (Å²) in [7, 11) is 0. The van der Waals surface area contributed by atoms with Crippen molar-refractivity contribution in [2.45, 2.75) is 59.4 Å². The lowest BCUT2D eigenvalue weighted by atomic mass is 10.2. The van der Waals surface area contributed by atoms with E-state index in [0.717, 1.165) is 37.3 Å². The van der Waals surface area contributed by atoms with Crippen LogP contribution in [-0.4, -0.2) is 57.9 Å². The number of nitrogens with one attached hydrogen (secondary N) is 1. The maximum Gasteiger partial charge on any atom is 0.346 e. The highest BCUT2D eigenvalue weighted by molar-refractivity contribution is 5.44. The van der Waals surface area contributed by atoms with Crippen LogP contribution in [0.1, 0.15) is 58.4 Å². The highest BCUT2D eigenvalue weighted by atomic mass is 16.5. The van der Waals surface area contributed by atoms with Crippen molar-refractivity contribution in [2.24, 2.45) is 0 Å². The van der Waals surface area contributed by atoms with Gasteiger partial charge in [-0.15, -0.1) is 0 Å². The number of hydrogen-bond donors (Lipinski definition) is 1. The Kier molecular flexibility index (Phi) is 11.5. The minimum absolute atomic E-state index is 0.290. The topological polar surface area (TPSA) is 77.3 Å². The number of tetrazole rings is 1. The first-order chi connectivity index (χ1) is 17.2. The van der Waals surface area contributed by atoms with E-state index in [0.29, 0.717) is 24.1 Å². The van der Waals surface area contributed by atoms with E-state index >= 15 is 0 Å². The first-order valence-electron chi connectivity index (χ1n) is 13.0. The van der Waals surface area contributed by atoms with E-state index in [1.54, 1.807) is 4.68 Å². The molecule has 0 saturated carbocycles. The molecule has 2 aromatic carbocycles. The number of unbranched alkanes of at least 4 members (excludes halogenated alkanes) is 2. The van der Waals surface area contributed by atoms with Crippen LogP contribution < -0.4 is 14.8 Å². The van der Waals surface area contributed by atoms with Crippen LogP contribution in [0.4, 0.5) is 0 Å². The number of benzene rings is 2. The van der Waals surface area contributed by atoms with Gasteiger partial charge in [0, 0.05) is 6.54 Å². The Morgan fingerprint density at radius 2 is 1.63 bits per heavy atom. The first kappa shape index (κ1) is 26.6. The van der Waals surface area contributed by atoms with Crippen LogP contribution in [0.2, 0.25) is 0 Å². The zero-order valence-corrected chi connectivity index (χ0v) is 21.4. The maximum absolute atomic E-state index is 6.05. The molecule has 0 amide bonds. The van der Waals surface area contributed by atoms with E-state index in [9.17, 15) is 0 Å². The van der Waals surface area contributed by atoms with Crippen molar-refractivity contribution in [3.8, 4) is 23.2 Å². The van der Waals surface area contributed by atoms with Crippen LogP contribution in [0.25, 0.3) is 5.69 Å².